The van der Waals surface area contributed by atoms with E-state index in [2.05, 4.69) is 0 Å². The Kier molecular flexibility index (Phi) is 5.79. The van der Waals surface area contributed by atoms with Crippen molar-refractivity contribution < 1.29 is 29.7 Å². The standard InChI is InChI=1S/C9H15NO6/c1-4(11)7(14)9(16)8(15)5(12)2-3-6(10)13/h4,7,9,11,14,16H,2-3H2,1H3,(H2,10,13)/t4-,7-,9+/m1/s1. The van der Waals surface area contributed by atoms with E-state index in [4.69, 9.17) is 15.9 Å². The Labute approximate surface area is 91.9 Å². The molecule has 0 spiro atoms. The van der Waals surface area contributed by atoms with Crippen molar-refractivity contribution in [3.63, 3.8) is 0 Å². The maximum absolute atomic E-state index is 11.2. The van der Waals surface area contributed by atoms with Crippen molar-refractivity contribution in [3.8, 4) is 0 Å². The maximum Gasteiger partial charge on any atom is 0.229 e. The molecular weight excluding hydrogens is 218 g/mol. The summed E-state index contributed by atoms with van der Waals surface area (Å²) in [7, 11) is 0. The lowest BCUT2D eigenvalue weighted by Gasteiger charge is -2.18. The summed E-state index contributed by atoms with van der Waals surface area (Å²) >= 11 is 0. The highest BCUT2D eigenvalue weighted by atomic mass is 16.4. The molecule has 92 valence electrons. The molecule has 0 rings (SSSR count). The van der Waals surface area contributed by atoms with Gasteiger partial charge >= 0.3 is 0 Å². The van der Waals surface area contributed by atoms with Crippen molar-refractivity contribution in [3.05, 3.63) is 0 Å². The zero-order chi connectivity index (χ0) is 12.9. The van der Waals surface area contributed by atoms with Crippen LogP contribution < -0.4 is 5.73 Å². The van der Waals surface area contributed by atoms with Crippen LogP contribution in [0.15, 0.2) is 0 Å². The van der Waals surface area contributed by atoms with Crippen molar-refractivity contribution in [2.45, 2.75) is 38.1 Å². The predicted molar refractivity (Wildman–Crippen MR) is 52.1 cm³/mol. The van der Waals surface area contributed by atoms with Crippen LogP contribution in [0.4, 0.5) is 0 Å². The normalized spacial score (nSPS) is 16.2. The van der Waals surface area contributed by atoms with Gasteiger partial charge in [0.1, 0.15) is 12.2 Å². The van der Waals surface area contributed by atoms with E-state index in [0.717, 1.165) is 6.92 Å². The number of Topliss-reactive ketones (excluding diaryl/α,β-unsaturated/α-hetero) is 2. The van der Waals surface area contributed by atoms with Crippen LogP contribution in [0.3, 0.4) is 0 Å². The first-order valence-corrected chi connectivity index (χ1v) is 4.67. The third kappa shape index (κ3) is 4.47. The SMILES string of the molecule is C[C@@H](O)[C@@H](O)[C@H](O)C(=O)C(=O)CCC(N)=O. The van der Waals surface area contributed by atoms with Crippen LogP contribution >= 0.6 is 0 Å². The average molecular weight is 233 g/mol. The second-order valence-electron chi connectivity index (χ2n) is 3.43. The Balaban J connectivity index is 4.32. The highest BCUT2D eigenvalue weighted by molar-refractivity contribution is 6.39. The fourth-order valence-corrected chi connectivity index (χ4v) is 0.944. The number of aliphatic hydroxyl groups is 3. The number of rotatable bonds is 7. The van der Waals surface area contributed by atoms with Crippen molar-refractivity contribution in [2.75, 3.05) is 0 Å². The molecule has 7 nitrogen and oxygen atoms in total. The van der Waals surface area contributed by atoms with E-state index in [9.17, 15) is 19.5 Å². The van der Waals surface area contributed by atoms with E-state index < -0.39 is 42.2 Å². The molecule has 0 aromatic carbocycles. The summed E-state index contributed by atoms with van der Waals surface area (Å²) in [6.45, 7) is 1.16. The predicted octanol–water partition coefficient (Wildman–Crippen LogP) is -2.51. The molecule has 0 aliphatic rings. The molecule has 0 heterocycles. The molecule has 0 fully saturated rings. The zero-order valence-corrected chi connectivity index (χ0v) is 8.79. The number of primary amides is 1. The van der Waals surface area contributed by atoms with Crippen LogP contribution in [0, 0.1) is 0 Å². The first kappa shape index (κ1) is 14.7. The van der Waals surface area contributed by atoms with Gasteiger partial charge in [-0.3, -0.25) is 14.4 Å². The molecule has 0 aliphatic heterocycles. The van der Waals surface area contributed by atoms with Gasteiger partial charge in [-0.2, -0.15) is 0 Å². The summed E-state index contributed by atoms with van der Waals surface area (Å²) in [5, 5.41) is 27.2. The van der Waals surface area contributed by atoms with Gasteiger partial charge in [0.15, 0.2) is 0 Å². The first-order valence-electron chi connectivity index (χ1n) is 4.67. The number of hydrogen-bond donors (Lipinski definition) is 4. The van der Waals surface area contributed by atoms with Gasteiger partial charge in [0.25, 0.3) is 0 Å². The Bertz CT molecular complexity index is 288. The summed E-state index contributed by atoms with van der Waals surface area (Å²) in [5.74, 6) is -2.99. The molecule has 7 heteroatoms. The number of amides is 1. The van der Waals surface area contributed by atoms with Gasteiger partial charge in [-0.15, -0.1) is 0 Å². The third-order valence-corrected chi connectivity index (χ3v) is 1.96. The molecule has 0 bridgehead atoms. The summed E-state index contributed by atoms with van der Waals surface area (Å²) in [4.78, 5) is 32.6. The van der Waals surface area contributed by atoms with Gasteiger partial charge in [-0.25, -0.2) is 0 Å². The van der Waals surface area contributed by atoms with Crippen LogP contribution in [0.25, 0.3) is 0 Å². The Morgan fingerprint density at radius 3 is 2.00 bits per heavy atom. The molecule has 1 amide bonds. The highest BCUT2D eigenvalue weighted by Gasteiger charge is 2.31. The van der Waals surface area contributed by atoms with Gasteiger partial charge in [0, 0.05) is 12.8 Å². The summed E-state index contributed by atoms with van der Waals surface area (Å²) in [6, 6.07) is 0. The molecule has 0 aromatic heterocycles. The first-order chi connectivity index (χ1) is 7.27. The number of carbonyl (C=O) groups is 3. The molecule has 16 heavy (non-hydrogen) atoms. The molecule has 0 radical (unpaired) electrons. The number of carbonyl (C=O) groups excluding carboxylic acids is 3. The molecule has 0 saturated heterocycles. The van der Waals surface area contributed by atoms with E-state index in [-0.39, 0.29) is 6.42 Å². The van der Waals surface area contributed by atoms with Crippen LogP contribution in [0.5, 0.6) is 0 Å². The Morgan fingerprint density at radius 1 is 1.12 bits per heavy atom. The average Bonchev–Trinajstić information content (AvgIpc) is 2.22. The molecule has 0 aromatic rings. The minimum atomic E-state index is -1.99. The van der Waals surface area contributed by atoms with Crippen LogP contribution in [0.2, 0.25) is 0 Å². The number of aliphatic hydroxyl groups excluding tert-OH is 3. The van der Waals surface area contributed by atoms with Crippen LogP contribution in [-0.4, -0.2) is 51.1 Å². The maximum atomic E-state index is 11.2. The van der Waals surface area contributed by atoms with Crippen molar-refractivity contribution in [2.24, 2.45) is 5.73 Å². The highest BCUT2D eigenvalue weighted by Crippen LogP contribution is 2.04. The van der Waals surface area contributed by atoms with Gasteiger partial charge in [-0.1, -0.05) is 0 Å². The Morgan fingerprint density at radius 2 is 1.62 bits per heavy atom. The molecule has 0 saturated carbocycles. The summed E-state index contributed by atoms with van der Waals surface area (Å²) < 4.78 is 0. The quantitative estimate of drug-likeness (QED) is 0.358. The lowest BCUT2D eigenvalue weighted by atomic mass is 10.0. The molecule has 0 unspecified atom stereocenters. The molecule has 5 N–H and O–H groups in total. The van der Waals surface area contributed by atoms with E-state index in [1.54, 1.807) is 0 Å². The van der Waals surface area contributed by atoms with E-state index in [1.807, 2.05) is 0 Å². The van der Waals surface area contributed by atoms with Crippen molar-refractivity contribution in [1.82, 2.24) is 0 Å². The number of nitrogens with two attached hydrogens (primary N) is 1. The second-order valence-corrected chi connectivity index (χ2v) is 3.43. The topological polar surface area (TPSA) is 138 Å². The fourth-order valence-electron chi connectivity index (χ4n) is 0.944. The fraction of sp³-hybridized carbons (Fsp3) is 0.667. The lowest BCUT2D eigenvalue weighted by molar-refractivity contribution is -0.148. The monoisotopic (exact) mass is 233 g/mol. The van der Waals surface area contributed by atoms with Crippen molar-refractivity contribution >= 4 is 17.5 Å². The second kappa shape index (κ2) is 6.31. The summed E-state index contributed by atoms with van der Waals surface area (Å²) in [6.07, 6.45) is -5.78. The van der Waals surface area contributed by atoms with E-state index in [0.29, 0.717) is 0 Å². The third-order valence-electron chi connectivity index (χ3n) is 1.96. The molecule has 3 atom stereocenters. The van der Waals surface area contributed by atoms with Gasteiger partial charge in [-0.05, 0) is 6.92 Å². The summed E-state index contributed by atoms with van der Waals surface area (Å²) in [5.41, 5.74) is 4.77. The lowest BCUT2D eigenvalue weighted by Crippen LogP contribution is -2.43. The van der Waals surface area contributed by atoms with Crippen molar-refractivity contribution in [1.29, 1.82) is 0 Å². The zero-order valence-electron chi connectivity index (χ0n) is 8.79. The molecule has 0 aliphatic carbocycles. The smallest absolute Gasteiger partial charge is 0.229 e. The van der Waals surface area contributed by atoms with Crippen LogP contribution in [0.1, 0.15) is 19.8 Å². The van der Waals surface area contributed by atoms with Gasteiger partial charge < -0.3 is 21.1 Å². The number of hydrogen-bond acceptors (Lipinski definition) is 6. The van der Waals surface area contributed by atoms with Gasteiger partial charge in [0.05, 0.1) is 6.10 Å². The van der Waals surface area contributed by atoms with Gasteiger partial charge in [0.2, 0.25) is 17.5 Å². The molecular formula is C9H15NO6. The largest absolute Gasteiger partial charge is 0.391 e. The minimum Gasteiger partial charge on any atom is -0.391 e. The Hall–Kier alpha value is -1.31. The number of ketones is 2. The minimum absolute atomic E-state index is 0.304. The van der Waals surface area contributed by atoms with E-state index in [1.165, 1.54) is 0 Å². The van der Waals surface area contributed by atoms with E-state index >= 15 is 0 Å². The van der Waals surface area contributed by atoms with Crippen LogP contribution in [-0.2, 0) is 14.4 Å².